The molecule has 1 N–H and O–H groups in total. The van der Waals surface area contributed by atoms with Crippen LogP contribution in [-0.2, 0) is 0 Å². The number of hydrogen-bond acceptors (Lipinski definition) is 2. The first kappa shape index (κ1) is 11.2. The Balaban J connectivity index is 2.56. The van der Waals surface area contributed by atoms with Gasteiger partial charge in [0, 0.05) is 18.3 Å². The highest BCUT2D eigenvalue weighted by molar-refractivity contribution is 5.85. The van der Waals surface area contributed by atoms with E-state index in [2.05, 4.69) is 5.10 Å². The van der Waals surface area contributed by atoms with Crippen LogP contribution in [0.15, 0.2) is 24.4 Å². The second kappa shape index (κ2) is 3.93. The molecule has 0 saturated heterocycles. The van der Waals surface area contributed by atoms with E-state index in [0.717, 1.165) is 23.0 Å². The van der Waals surface area contributed by atoms with Gasteiger partial charge >= 0.3 is 5.97 Å². The van der Waals surface area contributed by atoms with Gasteiger partial charge in [0.25, 0.3) is 0 Å². The Kier molecular flexibility index (Phi) is 2.58. The third-order valence-electron chi connectivity index (χ3n) is 2.03. The van der Waals surface area contributed by atoms with Crippen molar-refractivity contribution in [1.82, 2.24) is 9.78 Å². The van der Waals surface area contributed by atoms with E-state index in [9.17, 15) is 18.0 Å². The molecule has 2 aromatic rings. The number of nitrogens with zero attached hydrogens (tertiary/aromatic N) is 2. The van der Waals surface area contributed by atoms with Crippen LogP contribution in [0.4, 0.5) is 13.2 Å². The molecule has 0 aliphatic heterocycles. The van der Waals surface area contributed by atoms with Crippen molar-refractivity contribution in [2.24, 2.45) is 0 Å². The third-order valence-corrected chi connectivity index (χ3v) is 2.03. The molecule has 17 heavy (non-hydrogen) atoms. The standard InChI is InChI=1S/C10H5F3N2O2/c11-5-3-6(12)9(13)8(4-5)15-2-1-7(14-15)10(16)17/h1-4H,(H,16,17). The molecule has 1 heterocycles. The Morgan fingerprint density at radius 2 is 2.00 bits per heavy atom. The molecule has 1 aromatic carbocycles. The first-order chi connectivity index (χ1) is 7.99. The van der Waals surface area contributed by atoms with Gasteiger partial charge in [-0.1, -0.05) is 0 Å². The van der Waals surface area contributed by atoms with Gasteiger partial charge in [0.2, 0.25) is 0 Å². The van der Waals surface area contributed by atoms with Crippen molar-refractivity contribution in [1.29, 1.82) is 0 Å². The fraction of sp³-hybridized carbons (Fsp3) is 0. The molecule has 0 amide bonds. The normalized spacial score (nSPS) is 10.5. The summed E-state index contributed by atoms with van der Waals surface area (Å²) in [6.45, 7) is 0. The molecule has 0 aliphatic rings. The van der Waals surface area contributed by atoms with Gasteiger partial charge in [-0.3, -0.25) is 0 Å². The fourth-order valence-corrected chi connectivity index (χ4v) is 1.28. The van der Waals surface area contributed by atoms with Crippen LogP contribution in [0, 0.1) is 17.5 Å². The van der Waals surface area contributed by atoms with E-state index in [0.29, 0.717) is 6.07 Å². The summed E-state index contributed by atoms with van der Waals surface area (Å²) >= 11 is 0. The highest BCUT2D eigenvalue weighted by atomic mass is 19.2. The molecule has 0 aliphatic carbocycles. The van der Waals surface area contributed by atoms with Gasteiger partial charge in [0.15, 0.2) is 17.3 Å². The molecule has 4 nitrogen and oxygen atoms in total. The number of aromatic carboxylic acids is 1. The molecule has 0 saturated carbocycles. The van der Waals surface area contributed by atoms with Crippen molar-refractivity contribution in [2.75, 3.05) is 0 Å². The largest absolute Gasteiger partial charge is 0.476 e. The molecule has 0 unspecified atom stereocenters. The van der Waals surface area contributed by atoms with Crippen LogP contribution >= 0.6 is 0 Å². The molecule has 2 rings (SSSR count). The zero-order valence-electron chi connectivity index (χ0n) is 8.19. The minimum absolute atomic E-state index is 0.353. The average Bonchev–Trinajstić information content (AvgIpc) is 2.72. The molecular weight excluding hydrogens is 237 g/mol. The number of benzene rings is 1. The van der Waals surface area contributed by atoms with Gasteiger partial charge in [0.05, 0.1) is 0 Å². The summed E-state index contributed by atoms with van der Waals surface area (Å²) in [5, 5.41) is 12.1. The van der Waals surface area contributed by atoms with E-state index in [4.69, 9.17) is 5.11 Å². The number of hydrogen-bond donors (Lipinski definition) is 1. The number of aromatic nitrogens is 2. The summed E-state index contributed by atoms with van der Waals surface area (Å²) < 4.78 is 39.9. The van der Waals surface area contributed by atoms with E-state index < -0.39 is 29.1 Å². The van der Waals surface area contributed by atoms with Gasteiger partial charge in [-0.2, -0.15) is 5.10 Å². The lowest BCUT2D eigenvalue weighted by Gasteiger charge is -2.03. The maximum atomic E-state index is 13.3. The summed E-state index contributed by atoms with van der Waals surface area (Å²) in [4.78, 5) is 10.5. The van der Waals surface area contributed by atoms with Gasteiger partial charge in [0.1, 0.15) is 11.5 Å². The van der Waals surface area contributed by atoms with Crippen LogP contribution in [0.2, 0.25) is 0 Å². The molecule has 0 radical (unpaired) electrons. The predicted octanol–water partition coefficient (Wildman–Crippen LogP) is 1.99. The number of rotatable bonds is 2. The summed E-state index contributed by atoms with van der Waals surface area (Å²) in [6, 6.07) is 2.20. The number of carboxylic acid groups (broad SMARTS) is 1. The highest BCUT2D eigenvalue weighted by Crippen LogP contribution is 2.18. The summed E-state index contributed by atoms with van der Waals surface area (Å²) in [6.07, 6.45) is 1.10. The quantitative estimate of drug-likeness (QED) is 0.819. The number of halogens is 3. The molecular formula is C10H5F3N2O2. The van der Waals surface area contributed by atoms with E-state index in [-0.39, 0.29) is 5.69 Å². The molecule has 0 bridgehead atoms. The van der Waals surface area contributed by atoms with Gasteiger partial charge in [-0.15, -0.1) is 0 Å². The van der Waals surface area contributed by atoms with E-state index in [1.807, 2.05) is 0 Å². The maximum absolute atomic E-state index is 13.3. The number of carboxylic acids is 1. The average molecular weight is 242 g/mol. The van der Waals surface area contributed by atoms with Crippen LogP contribution in [0.3, 0.4) is 0 Å². The molecule has 7 heteroatoms. The van der Waals surface area contributed by atoms with Crippen LogP contribution in [0.5, 0.6) is 0 Å². The first-order valence-corrected chi connectivity index (χ1v) is 4.43. The number of carbonyl (C=O) groups is 1. The van der Waals surface area contributed by atoms with Crippen molar-refractivity contribution in [2.45, 2.75) is 0 Å². The second-order valence-corrected chi connectivity index (χ2v) is 3.17. The minimum atomic E-state index is -1.37. The van der Waals surface area contributed by atoms with Crippen molar-refractivity contribution in [3.63, 3.8) is 0 Å². The summed E-state index contributed by atoms with van der Waals surface area (Å²) in [5.41, 5.74) is -0.843. The van der Waals surface area contributed by atoms with E-state index in [1.54, 1.807) is 0 Å². The van der Waals surface area contributed by atoms with Gasteiger partial charge in [-0.05, 0) is 6.07 Å². The Labute approximate surface area is 92.9 Å². The predicted molar refractivity (Wildman–Crippen MR) is 50.4 cm³/mol. The van der Waals surface area contributed by atoms with E-state index >= 15 is 0 Å². The monoisotopic (exact) mass is 242 g/mol. The third kappa shape index (κ3) is 1.99. The van der Waals surface area contributed by atoms with Gasteiger partial charge < -0.3 is 5.11 Å². The van der Waals surface area contributed by atoms with Crippen LogP contribution in [0.1, 0.15) is 10.5 Å². The maximum Gasteiger partial charge on any atom is 0.356 e. The smallest absolute Gasteiger partial charge is 0.356 e. The van der Waals surface area contributed by atoms with Crippen molar-refractivity contribution in [3.8, 4) is 5.69 Å². The SMILES string of the molecule is O=C(O)c1ccn(-c2cc(F)cc(F)c2F)n1. The lowest BCUT2D eigenvalue weighted by molar-refractivity contribution is 0.0690. The van der Waals surface area contributed by atoms with Crippen LogP contribution in [0.25, 0.3) is 5.69 Å². The molecule has 0 spiro atoms. The Morgan fingerprint density at radius 3 is 2.59 bits per heavy atom. The summed E-state index contributed by atoms with van der Waals surface area (Å²) in [7, 11) is 0. The topological polar surface area (TPSA) is 55.1 Å². The highest BCUT2D eigenvalue weighted by Gasteiger charge is 2.15. The van der Waals surface area contributed by atoms with Gasteiger partial charge in [-0.25, -0.2) is 22.6 Å². The molecule has 0 atom stereocenters. The zero-order chi connectivity index (χ0) is 12.6. The Morgan fingerprint density at radius 1 is 1.29 bits per heavy atom. The van der Waals surface area contributed by atoms with E-state index in [1.165, 1.54) is 0 Å². The minimum Gasteiger partial charge on any atom is -0.476 e. The lowest BCUT2D eigenvalue weighted by Crippen LogP contribution is -2.04. The van der Waals surface area contributed by atoms with Crippen LogP contribution in [-0.4, -0.2) is 20.9 Å². The molecule has 0 fully saturated rings. The Hall–Kier alpha value is -2.31. The van der Waals surface area contributed by atoms with Crippen molar-refractivity contribution in [3.05, 3.63) is 47.5 Å². The van der Waals surface area contributed by atoms with Crippen LogP contribution < -0.4 is 0 Å². The Bertz CT molecular complexity index is 595. The van der Waals surface area contributed by atoms with Crippen molar-refractivity contribution >= 4 is 5.97 Å². The first-order valence-electron chi connectivity index (χ1n) is 4.43. The molecule has 1 aromatic heterocycles. The summed E-state index contributed by atoms with van der Waals surface area (Å²) in [5.74, 6) is -4.97. The molecule has 88 valence electrons. The fourth-order valence-electron chi connectivity index (χ4n) is 1.28. The zero-order valence-corrected chi connectivity index (χ0v) is 8.19. The second-order valence-electron chi connectivity index (χ2n) is 3.17. The lowest BCUT2D eigenvalue weighted by atomic mass is 10.3. The van der Waals surface area contributed by atoms with Crippen molar-refractivity contribution < 1.29 is 23.1 Å².